The Morgan fingerprint density at radius 2 is 1.76 bits per heavy atom. The van der Waals surface area contributed by atoms with E-state index in [0.29, 0.717) is 24.2 Å². The van der Waals surface area contributed by atoms with Crippen LogP contribution < -0.4 is 10.1 Å². The average molecular weight is 434 g/mol. The second-order valence-electron chi connectivity index (χ2n) is 9.03. The third-order valence-corrected chi connectivity index (χ3v) is 7.10. The van der Waals surface area contributed by atoms with Gasteiger partial charge in [-0.3, -0.25) is 0 Å². The SMILES string of the molecule is Oc1ccc2ccccc2c1C1Nc2ccc(OCCc3ccccc3)cc2C2C=CCC21. The fraction of sp³-hybridized carbons (Fsp3) is 0.200. The standard InChI is InChI=1S/C30H27NO2/c32-28-16-13-21-9-4-5-10-23(21)29(28)30-25-12-6-11-24(25)26-19-22(14-15-27(26)31-30)33-18-17-20-7-2-1-3-8-20/h1-11,13-16,19,24-25,30-32H,12,17-18H2. The minimum absolute atomic E-state index is 0.0495. The number of phenolic OH excluding ortho intramolecular Hbond substituents is 1. The summed E-state index contributed by atoms with van der Waals surface area (Å²) in [5, 5.41) is 16.9. The molecular weight excluding hydrogens is 406 g/mol. The topological polar surface area (TPSA) is 41.5 Å². The van der Waals surface area contributed by atoms with Gasteiger partial charge >= 0.3 is 0 Å². The van der Waals surface area contributed by atoms with E-state index in [9.17, 15) is 5.11 Å². The Hall–Kier alpha value is -3.72. The first-order valence-corrected chi connectivity index (χ1v) is 11.7. The van der Waals surface area contributed by atoms with Gasteiger partial charge in [-0.1, -0.05) is 72.8 Å². The molecule has 4 aromatic rings. The molecule has 0 saturated heterocycles. The summed E-state index contributed by atoms with van der Waals surface area (Å²) in [5.74, 6) is 1.94. The first-order chi connectivity index (χ1) is 16.3. The molecule has 0 fully saturated rings. The smallest absolute Gasteiger partial charge is 0.121 e. The van der Waals surface area contributed by atoms with Crippen molar-refractivity contribution < 1.29 is 9.84 Å². The normalized spacial score (nSPS) is 20.8. The number of nitrogens with one attached hydrogen (secondary N) is 1. The summed E-state index contributed by atoms with van der Waals surface area (Å²) in [6.45, 7) is 0.659. The molecule has 3 atom stereocenters. The molecule has 3 nitrogen and oxygen atoms in total. The number of hydrogen-bond acceptors (Lipinski definition) is 3. The van der Waals surface area contributed by atoms with E-state index in [2.05, 4.69) is 72.1 Å². The monoisotopic (exact) mass is 433 g/mol. The molecule has 0 saturated carbocycles. The van der Waals surface area contributed by atoms with Gasteiger partial charge in [-0.25, -0.2) is 0 Å². The van der Waals surface area contributed by atoms with Crippen LogP contribution in [-0.2, 0) is 6.42 Å². The summed E-state index contributed by atoms with van der Waals surface area (Å²) in [5.41, 5.74) is 4.69. The van der Waals surface area contributed by atoms with Gasteiger partial charge in [0.1, 0.15) is 11.5 Å². The maximum absolute atomic E-state index is 10.9. The Labute approximate surface area is 194 Å². The van der Waals surface area contributed by atoms with Gasteiger partial charge in [-0.05, 0) is 58.5 Å². The Kier molecular flexibility index (Phi) is 5.03. The predicted molar refractivity (Wildman–Crippen MR) is 134 cm³/mol. The van der Waals surface area contributed by atoms with Crippen molar-refractivity contribution in [2.45, 2.75) is 24.8 Å². The highest BCUT2D eigenvalue weighted by Gasteiger charge is 2.39. The highest BCUT2D eigenvalue weighted by atomic mass is 16.5. The number of allylic oxidation sites excluding steroid dienone is 2. The summed E-state index contributed by atoms with van der Waals surface area (Å²) in [7, 11) is 0. The fourth-order valence-corrected chi connectivity index (χ4v) is 5.49. The second kappa shape index (κ2) is 8.32. The van der Waals surface area contributed by atoms with Crippen molar-refractivity contribution in [2.24, 2.45) is 5.92 Å². The Bertz CT molecular complexity index is 1330. The number of hydrogen-bond donors (Lipinski definition) is 2. The minimum Gasteiger partial charge on any atom is -0.508 e. The number of aromatic hydroxyl groups is 1. The molecule has 3 unspecified atom stereocenters. The van der Waals surface area contributed by atoms with Gasteiger partial charge in [0.15, 0.2) is 0 Å². The molecule has 1 heterocycles. The number of ether oxygens (including phenoxy) is 1. The van der Waals surface area contributed by atoms with Gasteiger partial charge in [0.2, 0.25) is 0 Å². The Balaban J connectivity index is 1.30. The zero-order chi connectivity index (χ0) is 22.2. The van der Waals surface area contributed by atoms with Crippen LogP contribution >= 0.6 is 0 Å². The summed E-state index contributed by atoms with van der Waals surface area (Å²) in [6.07, 6.45) is 6.49. The molecule has 0 aromatic heterocycles. The number of fused-ring (bicyclic) bond motifs is 4. The lowest BCUT2D eigenvalue weighted by Crippen LogP contribution is -2.29. The van der Waals surface area contributed by atoms with E-state index < -0.39 is 0 Å². The second-order valence-corrected chi connectivity index (χ2v) is 9.03. The molecule has 0 spiro atoms. The van der Waals surface area contributed by atoms with Crippen molar-refractivity contribution in [3.05, 3.63) is 114 Å². The van der Waals surface area contributed by atoms with Crippen LogP contribution in [-0.4, -0.2) is 11.7 Å². The first kappa shape index (κ1) is 19.9. The van der Waals surface area contributed by atoms with Crippen molar-refractivity contribution in [2.75, 3.05) is 11.9 Å². The van der Waals surface area contributed by atoms with Gasteiger partial charge in [-0.2, -0.15) is 0 Å². The summed E-state index contributed by atoms with van der Waals surface area (Å²) >= 11 is 0. The minimum atomic E-state index is 0.0495. The molecule has 0 amide bonds. The zero-order valence-corrected chi connectivity index (χ0v) is 18.4. The van der Waals surface area contributed by atoms with Crippen LogP contribution in [0.5, 0.6) is 11.5 Å². The molecule has 0 bridgehead atoms. The van der Waals surface area contributed by atoms with Crippen LogP contribution in [0, 0.1) is 5.92 Å². The van der Waals surface area contributed by atoms with Crippen LogP contribution in [0.3, 0.4) is 0 Å². The fourth-order valence-electron chi connectivity index (χ4n) is 5.49. The van der Waals surface area contributed by atoms with E-state index in [1.165, 1.54) is 11.1 Å². The van der Waals surface area contributed by atoms with E-state index in [4.69, 9.17) is 4.74 Å². The number of anilines is 1. The van der Waals surface area contributed by atoms with E-state index in [-0.39, 0.29) is 6.04 Å². The molecule has 0 radical (unpaired) electrons. The van der Waals surface area contributed by atoms with E-state index in [0.717, 1.165) is 40.6 Å². The lowest BCUT2D eigenvalue weighted by molar-refractivity contribution is 0.320. The van der Waals surface area contributed by atoms with E-state index in [1.54, 1.807) is 0 Å². The average Bonchev–Trinajstić information content (AvgIpc) is 3.35. The van der Waals surface area contributed by atoms with Gasteiger partial charge < -0.3 is 15.2 Å². The maximum Gasteiger partial charge on any atom is 0.121 e. The molecule has 1 aliphatic carbocycles. The van der Waals surface area contributed by atoms with Crippen molar-refractivity contribution in [3.8, 4) is 11.5 Å². The summed E-state index contributed by atoms with van der Waals surface area (Å²) in [6, 6.07) is 29.0. The predicted octanol–water partition coefficient (Wildman–Crippen LogP) is 6.99. The molecule has 33 heavy (non-hydrogen) atoms. The van der Waals surface area contributed by atoms with E-state index in [1.807, 2.05) is 30.3 Å². The molecule has 4 aromatic carbocycles. The van der Waals surface area contributed by atoms with Crippen molar-refractivity contribution in [1.82, 2.24) is 0 Å². The van der Waals surface area contributed by atoms with Crippen LogP contribution in [0.25, 0.3) is 10.8 Å². The zero-order valence-electron chi connectivity index (χ0n) is 18.4. The molecule has 2 N–H and O–H groups in total. The van der Waals surface area contributed by atoms with Crippen molar-refractivity contribution in [1.29, 1.82) is 0 Å². The molecule has 1 aliphatic heterocycles. The van der Waals surface area contributed by atoms with Crippen LogP contribution in [0.15, 0.2) is 97.1 Å². The quantitative estimate of drug-likeness (QED) is 0.333. The third kappa shape index (κ3) is 3.64. The van der Waals surface area contributed by atoms with Gasteiger partial charge in [-0.15, -0.1) is 0 Å². The highest BCUT2D eigenvalue weighted by Crippen LogP contribution is 2.52. The molecule has 2 aliphatic rings. The number of rotatable bonds is 5. The Morgan fingerprint density at radius 1 is 0.909 bits per heavy atom. The Morgan fingerprint density at radius 3 is 2.67 bits per heavy atom. The van der Waals surface area contributed by atoms with Gasteiger partial charge in [0.05, 0.1) is 12.6 Å². The molecular formula is C30H27NO2. The number of benzene rings is 4. The number of phenols is 1. The molecule has 3 heteroatoms. The summed E-state index contributed by atoms with van der Waals surface area (Å²) in [4.78, 5) is 0. The van der Waals surface area contributed by atoms with Crippen LogP contribution in [0.4, 0.5) is 5.69 Å². The maximum atomic E-state index is 10.9. The third-order valence-electron chi connectivity index (χ3n) is 7.10. The van der Waals surface area contributed by atoms with E-state index >= 15 is 0 Å². The van der Waals surface area contributed by atoms with Gasteiger partial charge in [0, 0.05) is 23.6 Å². The largest absolute Gasteiger partial charge is 0.508 e. The molecule has 164 valence electrons. The van der Waals surface area contributed by atoms with Crippen LogP contribution in [0.2, 0.25) is 0 Å². The van der Waals surface area contributed by atoms with Crippen molar-refractivity contribution in [3.63, 3.8) is 0 Å². The lowest BCUT2D eigenvalue weighted by Gasteiger charge is -2.38. The van der Waals surface area contributed by atoms with Crippen LogP contribution in [0.1, 0.15) is 35.1 Å². The lowest BCUT2D eigenvalue weighted by atomic mass is 9.76. The summed E-state index contributed by atoms with van der Waals surface area (Å²) < 4.78 is 6.12. The van der Waals surface area contributed by atoms with Gasteiger partial charge in [0.25, 0.3) is 0 Å². The highest BCUT2D eigenvalue weighted by molar-refractivity contribution is 5.89. The van der Waals surface area contributed by atoms with Crippen molar-refractivity contribution >= 4 is 16.5 Å². The molecule has 6 rings (SSSR count). The first-order valence-electron chi connectivity index (χ1n) is 11.7.